The average molecular weight is 354 g/mol. The smallest absolute Gasteiger partial charge is 0.326 e. The van der Waals surface area contributed by atoms with Gasteiger partial charge in [-0.05, 0) is 37.1 Å². The molecule has 0 saturated carbocycles. The van der Waals surface area contributed by atoms with Crippen molar-refractivity contribution in [3.8, 4) is 11.1 Å². The maximum atomic E-state index is 12.1. The van der Waals surface area contributed by atoms with E-state index < -0.39 is 12.1 Å². The number of carbonyl (C=O) groups excluding carboxylic acids is 3. The minimum absolute atomic E-state index is 0.303. The minimum Gasteiger partial charge on any atom is -0.451 e. The van der Waals surface area contributed by atoms with Gasteiger partial charge in [-0.25, -0.2) is 0 Å². The summed E-state index contributed by atoms with van der Waals surface area (Å²) in [5.74, 6) is -1.42. The molecular formula is C20H22N2O4. The van der Waals surface area contributed by atoms with Gasteiger partial charge < -0.3 is 15.4 Å². The number of amides is 2. The van der Waals surface area contributed by atoms with Crippen LogP contribution in [0.25, 0.3) is 11.1 Å². The molecule has 6 nitrogen and oxygen atoms in total. The molecule has 0 bridgehead atoms. The molecule has 0 fully saturated rings. The number of esters is 1. The number of ether oxygens (including phenoxy) is 1. The van der Waals surface area contributed by atoms with Crippen molar-refractivity contribution < 1.29 is 19.1 Å². The lowest BCUT2D eigenvalue weighted by atomic mass is 10.0. The third kappa shape index (κ3) is 5.44. The monoisotopic (exact) mass is 354 g/mol. The lowest BCUT2D eigenvalue weighted by Crippen LogP contribution is -2.38. The summed E-state index contributed by atoms with van der Waals surface area (Å²) in [6, 6.07) is 16.9. The topological polar surface area (TPSA) is 84.5 Å². The summed E-state index contributed by atoms with van der Waals surface area (Å²) in [7, 11) is 0. The van der Waals surface area contributed by atoms with E-state index in [4.69, 9.17) is 4.74 Å². The fourth-order valence-corrected chi connectivity index (χ4v) is 2.31. The largest absolute Gasteiger partial charge is 0.451 e. The van der Waals surface area contributed by atoms with Crippen LogP contribution in [-0.2, 0) is 14.3 Å². The number of nitrogens with one attached hydrogen (secondary N) is 2. The summed E-state index contributed by atoms with van der Waals surface area (Å²) in [6.07, 6.45) is -0.899. The van der Waals surface area contributed by atoms with Gasteiger partial charge in [-0.2, -0.15) is 0 Å². The van der Waals surface area contributed by atoms with Crippen LogP contribution in [0.4, 0.5) is 0 Å². The standard InChI is InChI=1S/C20H22N2O4/c1-3-21-19(24)14(2)26-18(23)13-22-20(25)17-11-9-16(10-12-17)15-7-5-4-6-8-15/h4-12,14H,3,13H2,1-2H3,(H,21,24)(H,22,25)/t14-/m1/s1. The quantitative estimate of drug-likeness (QED) is 0.746. The van der Waals surface area contributed by atoms with Gasteiger partial charge in [0.1, 0.15) is 6.54 Å². The van der Waals surface area contributed by atoms with Crippen LogP contribution >= 0.6 is 0 Å². The van der Waals surface area contributed by atoms with E-state index in [1.807, 2.05) is 42.5 Å². The summed E-state index contributed by atoms with van der Waals surface area (Å²) >= 11 is 0. The number of rotatable bonds is 7. The molecule has 2 N–H and O–H groups in total. The zero-order valence-electron chi connectivity index (χ0n) is 14.8. The molecule has 0 spiro atoms. The zero-order valence-corrected chi connectivity index (χ0v) is 14.8. The van der Waals surface area contributed by atoms with Crippen molar-refractivity contribution in [1.82, 2.24) is 10.6 Å². The highest BCUT2D eigenvalue weighted by Gasteiger charge is 2.17. The van der Waals surface area contributed by atoms with Crippen LogP contribution in [0.1, 0.15) is 24.2 Å². The van der Waals surface area contributed by atoms with E-state index in [1.54, 1.807) is 19.1 Å². The second-order valence-corrected chi connectivity index (χ2v) is 5.65. The van der Waals surface area contributed by atoms with E-state index in [2.05, 4.69) is 10.6 Å². The molecule has 2 amide bonds. The maximum Gasteiger partial charge on any atom is 0.326 e. The van der Waals surface area contributed by atoms with Crippen molar-refractivity contribution in [2.24, 2.45) is 0 Å². The maximum absolute atomic E-state index is 12.1. The van der Waals surface area contributed by atoms with Gasteiger partial charge in [-0.3, -0.25) is 14.4 Å². The number of hydrogen-bond acceptors (Lipinski definition) is 4. The summed E-state index contributed by atoms with van der Waals surface area (Å²) in [5, 5.41) is 5.05. The third-order valence-electron chi connectivity index (χ3n) is 3.68. The first kappa shape index (κ1) is 19.2. The SMILES string of the molecule is CCNC(=O)[C@@H](C)OC(=O)CNC(=O)c1ccc(-c2ccccc2)cc1. The fraction of sp³-hybridized carbons (Fsp3) is 0.250. The molecular weight excluding hydrogens is 332 g/mol. The molecule has 2 rings (SSSR count). The van der Waals surface area contributed by atoms with Crippen molar-refractivity contribution in [2.45, 2.75) is 20.0 Å². The highest BCUT2D eigenvalue weighted by atomic mass is 16.5. The summed E-state index contributed by atoms with van der Waals surface area (Å²) in [6.45, 7) is 3.40. The Labute approximate surface area is 152 Å². The van der Waals surface area contributed by atoms with Crippen LogP contribution in [0.3, 0.4) is 0 Å². The van der Waals surface area contributed by atoms with Crippen molar-refractivity contribution in [3.05, 3.63) is 60.2 Å². The fourth-order valence-electron chi connectivity index (χ4n) is 2.31. The molecule has 0 radical (unpaired) electrons. The molecule has 0 aromatic heterocycles. The van der Waals surface area contributed by atoms with E-state index in [1.165, 1.54) is 6.92 Å². The van der Waals surface area contributed by atoms with Gasteiger partial charge in [-0.15, -0.1) is 0 Å². The van der Waals surface area contributed by atoms with E-state index in [9.17, 15) is 14.4 Å². The molecule has 136 valence electrons. The molecule has 26 heavy (non-hydrogen) atoms. The molecule has 0 unspecified atom stereocenters. The number of benzene rings is 2. The second-order valence-electron chi connectivity index (χ2n) is 5.65. The predicted octanol–water partition coefficient (Wildman–Crippen LogP) is 2.15. The molecule has 2 aromatic carbocycles. The Hall–Kier alpha value is -3.15. The van der Waals surface area contributed by atoms with Crippen molar-refractivity contribution in [2.75, 3.05) is 13.1 Å². The molecule has 0 aliphatic heterocycles. The van der Waals surface area contributed by atoms with E-state index in [-0.39, 0.29) is 18.4 Å². The molecule has 0 aliphatic carbocycles. The van der Waals surface area contributed by atoms with E-state index >= 15 is 0 Å². The molecule has 2 aromatic rings. The minimum atomic E-state index is -0.899. The first-order valence-electron chi connectivity index (χ1n) is 8.42. The number of hydrogen-bond donors (Lipinski definition) is 2. The number of likely N-dealkylation sites (N-methyl/N-ethyl adjacent to an activating group) is 1. The molecule has 6 heteroatoms. The molecule has 0 heterocycles. The van der Waals surface area contributed by atoms with Gasteiger partial charge in [0, 0.05) is 12.1 Å². The third-order valence-corrected chi connectivity index (χ3v) is 3.68. The van der Waals surface area contributed by atoms with Gasteiger partial charge >= 0.3 is 5.97 Å². The van der Waals surface area contributed by atoms with Gasteiger partial charge in [0.05, 0.1) is 0 Å². The highest BCUT2D eigenvalue weighted by Crippen LogP contribution is 2.19. The first-order chi connectivity index (χ1) is 12.5. The van der Waals surface area contributed by atoms with Crippen LogP contribution in [0.15, 0.2) is 54.6 Å². The van der Waals surface area contributed by atoms with Gasteiger partial charge in [0.25, 0.3) is 11.8 Å². The molecule has 1 atom stereocenters. The lowest BCUT2D eigenvalue weighted by molar-refractivity contribution is -0.153. The lowest BCUT2D eigenvalue weighted by Gasteiger charge is -2.13. The van der Waals surface area contributed by atoms with E-state index in [0.717, 1.165) is 11.1 Å². The Morgan fingerprint density at radius 1 is 0.923 bits per heavy atom. The average Bonchev–Trinajstić information content (AvgIpc) is 2.67. The van der Waals surface area contributed by atoms with Crippen LogP contribution < -0.4 is 10.6 Å². The highest BCUT2D eigenvalue weighted by molar-refractivity contribution is 5.96. The Balaban J connectivity index is 1.86. The molecule has 0 saturated heterocycles. The number of carbonyl (C=O) groups is 3. The Kier molecular flexibility index (Phi) is 6.91. The zero-order chi connectivity index (χ0) is 18.9. The van der Waals surface area contributed by atoms with Crippen molar-refractivity contribution in [3.63, 3.8) is 0 Å². The van der Waals surface area contributed by atoms with Gasteiger partial charge in [-0.1, -0.05) is 42.5 Å². The summed E-state index contributed by atoms with van der Waals surface area (Å²) in [4.78, 5) is 35.4. The Morgan fingerprint density at radius 2 is 1.54 bits per heavy atom. The normalized spacial score (nSPS) is 11.3. The van der Waals surface area contributed by atoms with Gasteiger partial charge in [0.2, 0.25) is 0 Å². The molecule has 0 aliphatic rings. The second kappa shape index (κ2) is 9.36. The van der Waals surface area contributed by atoms with Crippen molar-refractivity contribution in [1.29, 1.82) is 0 Å². The van der Waals surface area contributed by atoms with Crippen LogP contribution in [-0.4, -0.2) is 37.0 Å². The van der Waals surface area contributed by atoms with Crippen LogP contribution in [0.2, 0.25) is 0 Å². The summed E-state index contributed by atoms with van der Waals surface area (Å²) in [5.41, 5.74) is 2.49. The first-order valence-corrected chi connectivity index (χ1v) is 8.42. The predicted molar refractivity (Wildman–Crippen MR) is 98.4 cm³/mol. The van der Waals surface area contributed by atoms with Crippen LogP contribution in [0, 0.1) is 0 Å². The Bertz CT molecular complexity index is 757. The van der Waals surface area contributed by atoms with E-state index in [0.29, 0.717) is 12.1 Å². The van der Waals surface area contributed by atoms with Crippen LogP contribution in [0.5, 0.6) is 0 Å². The Morgan fingerprint density at radius 3 is 2.15 bits per heavy atom. The summed E-state index contributed by atoms with van der Waals surface area (Å²) < 4.78 is 4.96. The van der Waals surface area contributed by atoms with Gasteiger partial charge in [0.15, 0.2) is 6.10 Å². The van der Waals surface area contributed by atoms with Crippen molar-refractivity contribution >= 4 is 17.8 Å².